The number of benzene rings is 2. The van der Waals surface area contributed by atoms with Crippen molar-refractivity contribution in [2.75, 3.05) is 0 Å². The first-order valence-corrected chi connectivity index (χ1v) is 8.91. The number of imidazole rings is 1. The van der Waals surface area contributed by atoms with Gasteiger partial charge in [-0.25, -0.2) is 4.98 Å². The maximum absolute atomic E-state index is 12.1. The van der Waals surface area contributed by atoms with E-state index >= 15 is 0 Å². The van der Waals surface area contributed by atoms with Crippen LogP contribution in [0.15, 0.2) is 71.6 Å². The molecule has 0 aliphatic rings. The lowest BCUT2D eigenvalue weighted by Gasteiger charge is -2.05. The molecule has 0 aliphatic heterocycles. The Kier molecular flexibility index (Phi) is 4.97. The molecule has 2 heterocycles. The van der Waals surface area contributed by atoms with Crippen molar-refractivity contribution in [1.82, 2.24) is 25.0 Å². The standard InChI is InChI=1S/C21H19N5O2/c1-15-7-5-6-10-17(15)21-24-20(25-28-21)18-12-26(14-23-18)13-19(27)22-11-16-8-3-2-4-9-16/h2-10,12,14H,11,13H2,1H3,(H,22,27). The van der Waals surface area contributed by atoms with Crippen molar-refractivity contribution in [2.45, 2.75) is 20.0 Å². The zero-order valence-corrected chi connectivity index (χ0v) is 15.4. The Morgan fingerprint density at radius 2 is 1.89 bits per heavy atom. The van der Waals surface area contributed by atoms with Crippen LogP contribution in [0.1, 0.15) is 11.1 Å². The van der Waals surface area contributed by atoms with Crippen molar-refractivity contribution in [3.8, 4) is 23.0 Å². The molecule has 0 bridgehead atoms. The minimum Gasteiger partial charge on any atom is -0.350 e. The molecule has 0 radical (unpaired) electrons. The van der Waals surface area contributed by atoms with E-state index in [1.54, 1.807) is 17.1 Å². The molecule has 2 aromatic carbocycles. The molecule has 0 saturated heterocycles. The van der Waals surface area contributed by atoms with Gasteiger partial charge in [-0.2, -0.15) is 4.98 Å². The Morgan fingerprint density at radius 3 is 2.71 bits per heavy atom. The Bertz CT molecular complexity index is 1080. The van der Waals surface area contributed by atoms with Gasteiger partial charge >= 0.3 is 0 Å². The fourth-order valence-corrected chi connectivity index (χ4v) is 2.83. The van der Waals surface area contributed by atoms with Gasteiger partial charge in [0.15, 0.2) is 0 Å². The van der Waals surface area contributed by atoms with E-state index in [1.165, 1.54) is 0 Å². The highest BCUT2D eigenvalue weighted by Crippen LogP contribution is 2.23. The average Bonchev–Trinajstić information content (AvgIpc) is 3.37. The lowest BCUT2D eigenvalue weighted by Crippen LogP contribution is -2.26. The third-order valence-electron chi connectivity index (χ3n) is 4.32. The maximum atomic E-state index is 12.1. The summed E-state index contributed by atoms with van der Waals surface area (Å²) in [4.78, 5) is 20.9. The second-order valence-electron chi connectivity index (χ2n) is 6.43. The van der Waals surface area contributed by atoms with Crippen LogP contribution in [0.3, 0.4) is 0 Å². The van der Waals surface area contributed by atoms with E-state index in [-0.39, 0.29) is 12.5 Å². The van der Waals surface area contributed by atoms with Gasteiger partial charge in [0.05, 0.1) is 6.33 Å². The number of carbonyl (C=O) groups excluding carboxylic acids is 1. The smallest absolute Gasteiger partial charge is 0.258 e. The molecule has 28 heavy (non-hydrogen) atoms. The van der Waals surface area contributed by atoms with Gasteiger partial charge in [0.25, 0.3) is 5.89 Å². The molecule has 4 aromatic rings. The highest BCUT2D eigenvalue weighted by Gasteiger charge is 2.14. The summed E-state index contributed by atoms with van der Waals surface area (Å²) in [5.74, 6) is 0.742. The molecule has 4 rings (SSSR count). The Labute approximate surface area is 162 Å². The molecule has 0 saturated carbocycles. The molecule has 0 atom stereocenters. The minimum atomic E-state index is -0.0958. The molecular weight excluding hydrogens is 354 g/mol. The Morgan fingerprint density at radius 1 is 1.11 bits per heavy atom. The first-order chi connectivity index (χ1) is 13.7. The van der Waals surface area contributed by atoms with E-state index in [9.17, 15) is 4.79 Å². The Hall–Kier alpha value is -3.74. The third-order valence-corrected chi connectivity index (χ3v) is 4.32. The maximum Gasteiger partial charge on any atom is 0.258 e. The molecule has 2 aromatic heterocycles. The molecule has 140 valence electrons. The molecule has 1 amide bonds. The van der Waals surface area contributed by atoms with Gasteiger partial charge in [-0.15, -0.1) is 0 Å². The first kappa shape index (κ1) is 17.7. The minimum absolute atomic E-state index is 0.0958. The highest BCUT2D eigenvalue weighted by molar-refractivity contribution is 5.75. The number of carbonyl (C=O) groups is 1. The van der Waals surface area contributed by atoms with Gasteiger partial charge in [-0.05, 0) is 24.1 Å². The number of hydrogen-bond donors (Lipinski definition) is 1. The summed E-state index contributed by atoms with van der Waals surface area (Å²) >= 11 is 0. The van der Waals surface area contributed by atoms with E-state index in [4.69, 9.17) is 4.52 Å². The molecule has 0 unspecified atom stereocenters. The van der Waals surface area contributed by atoms with Crippen molar-refractivity contribution in [3.05, 3.63) is 78.2 Å². The summed E-state index contributed by atoms with van der Waals surface area (Å²) in [6.07, 6.45) is 3.32. The molecule has 0 aliphatic carbocycles. The average molecular weight is 373 g/mol. The third kappa shape index (κ3) is 3.98. The van der Waals surface area contributed by atoms with Crippen LogP contribution in [0, 0.1) is 6.92 Å². The van der Waals surface area contributed by atoms with Crippen molar-refractivity contribution < 1.29 is 9.32 Å². The molecular formula is C21H19N5O2. The van der Waals surface area contributed by atoms with Crippen molar-refractivity contribution >= 4 is 5.91 Å². The second-order valence-corrected chi connectivity index (χ2v) is 6.43. The zero-order valence-electron chi connectivity index (χ0n) is 15.4. The number of nitrogens with zero attached hydrogens (tertiary/aromatic N) is 4. The summed E-state index contributed by atoms with van der Waals surface area (Å²) in [6.45, 7) is 2.65. The first-order valence-electron chi connectivity index (χ1n) is 8.91. The quantitative estimate of drug-likeness (QED) is 0.561. The van der Waals surface area contributed by atoms with Gasteiger partial charge in [0.2, 0.25) is 11.7 Å². The lowest BCUT2D eigenvalue weighted by molar-refractivity contribution is -0.121. The normalized spacial score (nSPS) is 10.8. The zero-order chi connectivity index (χ0) is 19.3. The number of hydrogen-bond acceptors (Lipinski definition) is 5. The van der Waals surface area contributed by atoms with E-state index in [0.29, 0.717) is 24.0 Å². The largest absolute Gasteiger partial charge is 0.350 e. The SMILES string of the molecule is Cc1ccccc1-c1nc(-c2cn(CC(=O)NCc3ccccc3)cn2)no1. The molecule has 0 spiro atoms. The number of rotatable bonds is 6. The molecule has 0 fully saturated rings. The van der Waals surface area contributed by atoms with Gasteiger partial charge < -0.3 is 14.4 Å². The lowest BCUT2D eigenvalue weighted by atomic mass is 10.1. The van der Waals surface area contributed by atoms with Crippen LogP contribution in [0.5, 0.6) is 0 Å². The number of amides is 1. The predicted molar refractivity (Wildman–Crippen MR) is 104 cm³/mol. The van der Waals surface area contributed by atoms with E-state index in [1.807, 2.05) is 61.5 Å². The van der Waals surface area contributed by atoms with Crippen LogP contribution < -0.4 is 5.32 Å². The van der Waals surface area contributed by atoms with E-state index in [0.717, 1.165) is 16.7 Å². The van der Waals surface area contributed by atoms with Crippen molar-refractivity contribution in [2.24, 2.45) is 0 Å². The van der Waals surface area contributed by atoms with E-state index < -0.39 is 0 Å². The predicted octanol–water partition coefficient (Wildman–Crippen LogP) is 3.22. The van der Waals surface area contributed by atoms with Crippen molar-refractivity contribution in [3.63, 3.8) is 0 Å². The van der Waals surface area contributed by atoms with Crippen LogP contribution in [-0.2, 0) is 17.9 Å². The molecule has 1 N–H and O–H groups in total. The van der Waals surface area contributed by atoms with Crippen LogP contribution in [0.25, 0.3) is 23.0 Å². The van der Waals surface area contributed by atoms with Gasteiger partial charge in [0, 0.05) is 18.3 Å². The second kappa shape index (κ2) is 7.87. The summed E-state index contributed by atoms with van der Waals surface area (Å²) in [7, 11) is 0. The van der Waals surface area contributed by atoms with Gasteiger partial charge in [-0.1, -0.05) is 53.7 Å². The summed E-state index contributed by atoms with van der Waals surface area (Å²) in [5, 5.41) is 6.90. The highest BCUT2D eigenvalue weighted by atomic mass is 16.5. The van der Waals surface area contributed by atoms with Crippen LogP contribution in [0.4, 0.5) is 0 Å². The summed E-state index contributed by atoms with van der Waals surface area (Å²) in [5.41, 5.74) is 3.55. The van der Waals surface area contributed by atoms with E-state index in [2.05, 4.69) is 20.4 Å². The number of aryl methyl sites for hydroxylation is 1. The van der Waals surface area contributed by atoms with Crippen LogP contribution in [0.2, 0.25) is 0 Å². The summed E-state index contributed by atoms with van der Waals surface area (Å²) < 4.78 is 7.07. The molecule has 7 nitrogen and oxygen atoms in total. The molecule has 7 heteroatoms. The summed E-state index contributed by atoms with van der Waals surface area (Å²) in [6, 6.07) is 17.6. The van der Waals surface area contributed by atoms with Crippen LogP contribution in [-0.4, -0.2) is 25.6 Å². The topological polar surface area (TPSA) is 85.8 Å². The Balaban J connectivity index is 1.41. The van der Waals surface area contributed by atoms with Crippen molar-refractivity contribution in [1.29, 1.82) is 0 Å². The van der Waals surface area contributed by atoms with Gasteiger partial charge in [0.1, 0.15) is 12.2 Å². The fourth-order valence-electron chi connectivity index (χ4n) is 2.83. The fraction of sp³-hybridized carbons (Fsp3) is 0.143. The van der Waals surface area contributed by atoms with Gasteiger partial charge in [-0.3, -0.25) is 4.79 Å². The number of nitrogens with one attached hydrogen (secondary N) is 1. The monoisotopic (exact) mass is 373 g/mol. The van der Waals surface area contributed by atoms with Crippen LogP contribution >= 0.6 is 0 Å². The number of aromatic nitrogens is 4.